The normalized spacial score (nSPS) is 19.2. The molecule has 1 aliphatic rings. The van der Waals surface area contributed by atoms with Gasteiger partial charge in [0.25, 0.3) is 5.91 Å². The lowest BCUT2D eigenvalue weighted by atomic mass is 9.90. The summed E-state index contributed by atoms with van der Waals surface area (Å²) in [6.45, 7) is 13.4. The quantitative estimate of drug-likeness (QED) is 0.566. The number of benzene rings is 1. The van der Waals surface area contributed by atoms with Crippen LogP contribution in [-0.2, 0) is 15.1 Å². The van der Waals surface area contributed by atoms with Gasteiger partial charge < -0.3 is 10.2 Å². The summed E-state index contributed by atoms with van der Waals surface area (Å²) >= 11 is 0. The second-order valence-electron chi connectivity index (χ2n) is 7.10. The number of urea groups is 1. The van der Waals surface area contributed by atoms with Crippen molar-refractivity contribution in [1.29, 1.82) is 0 Å². The SMILES string of the molecule is C=CCN(CC=C)C(=O)CN1C(=O)N[C@@](C)(c2ccc(C(C)C)cc2)C1=O. The lowest BCUT2D eigenvalue weighted by molar-refractivity contribution is -0.138. The summed E-state index contributed by atoms with van der Waals surface area (Å²) in [6.07, 6.45) is 3.18. The minimum Gasteiger partial charge on any atom is -0.334 e. The van der Waals surface area contributed by atoms with Crippen molar-refractivity contribution in [2.24, 2.45) is 0 Å². The summed E-state index contributed by atoms with van der Waals surface area (Å²) in [5.41, 5.74) is 0.652. The molecule has 1 heterocycles. The summed E-state index contributed by atoms with van der Waals surface area (Å²) in [6, 6.07) is 7.03. The maximum Gasteiger partial charge on any atom is 0.325 e. The lowest BCUT2D eigenvalue weighted by Crippen LogP contribution is -2.44. The third-order valence-corrected chi connectivity index (χ3v) is 4.77. The molecule has 0 aliphatic carbocycles. The molecule has 6 heteroatoms. The minimum absolute atomic E-state index is 0.313. The van der Waals surface area contributed by atoms with Gasteiger partial charge in [0.05, 0.1) is 0 Å². The van der Waals surface area contributed by atoms with E-state index in [2.05, 4.69) is 32.3 Å². The van der Waals surface area contributed by atoms with Crippen LogP contribution in [0.15, 0.2) is 49.6 Å². The molecular formula is C21H27N3O3. The number of carbonyl (C=O) groups excluding carboxylic acids is 3. The number of hydrogen-bond acceptors (Lipinski definition) is 3. The highest BCUT2D eigenvalue weighted by molar-refractivity contribution is 6.09. The van der Waals surface area contributed by atoms with Crippen molar-refractivity contribution in [3.63, 3.8) is 0 Å². The molecule has 0 radical (unpaired) electrons. The Hall–Kier alpha value is -2.89. The van der Waals surface area contributed by atoms with E-state index in [1.165, 1.54) is 4.90 Å². The highest BCUT2D eigenvalue weighted by atomic mass is 16.2. The van der Waals surface area contributed by atoms with Crippen LogP contribution in [0.5, 0.6) is 0 Å². The van der Waals surface area contributed by atoms with Crippen molar-refractivity contribution >= 4 is 17.8 Å². The minimum atomic E-state index is -1.19. The molecule has 0 aromatic heterocycles. The molecule has 0 saturated carbocycles. The van der Waals surface area contributed by atoms with Gasteiger partial charge in [-0.25, -0.2) is 4.79 Å². The molecule has 144 valence electrons. The molecule has 1 saturated heterocycles. The maximum absolute atomic E-state index is 13.0. The highest BCUT2D eigenvalue weighted by Crippen LogP contribution is 2.30. The molecule has 27 heavy (non-hydrogen) atoms. The monoisotopic (exact) mass is 369 g/mol. The molecular weight excluding hydrogens is 342 g/mol. The van der Waals surface area contributed by atoms with Crippen molar-refractivity contribution in [3.05, 3.63) is 60.7 Å². The fourth-order valence-corrected chi connectivity index (χ4v) is 3.06. The molecule has 1 fully saturated rings. The van der Waals surface area contributed by atoms with Gasteiger partial charge in [-0.1, -0.05) is 50.3 Å². The Morgan fingerprint density at radius 1 is 1.19 bits per heavy atom. The van der Waals surface area contributed by atoms with Gasteiger partial charge in [0.15, 0.2) is 0 Å². The third-order valence-electron chi connectivity index (χ3n) is 4.77. The third kappa shape index (κ3) is 4.10. The summed E-state index contributed by atoms with van der Waals surface area (Å²) in [5, 5.41) is 2.73. The van der Waals surface area contributed by atoms with Crippen LogP contribution in [0.3, 0.4) is 0 Å². The van der Waals surface area contributed by atoms with E-state index in [1.54, 1.807) is 19.1 Å². The Morgan fingerprint density at radius 2 is 1.74 bits per heavy atom. The summed E-state index contributed by atoms with van der Waals surface area (Å²) in [5.74, 6) is -0.399. The van der Waals surface area contributed by atoms with Crippen LogP contribution in [0.25, 0.3) is 0 Å². The molecule has 2 rings (SSSR count). The average molecular weight is 369 g/mol. The first kappa shape index (κ1) is 20.4. The second kappa shape index (κ2) is 8.20. The molecule has 1 aliphatic heterocycles. The van der Waals surface area contributed by atoms with E-state index >= 15 is 0 Å². The van der Waals surface area contributed by atoms with Gasteiger partial charge in [0.2, 0.25) is 5.91 Å². The summed E-state index contributed by atoms with van der Waals surface area (Å²) < 4.78 is 0. The number of imide groups is 1. The fraction of sp³-hybridized carbons (Fsp3) is 0.381. The van der Waals surface area contributed by atoms with Crippen molar-refractivity contribution in [1.82, 2.24) is 15.1 Å². The van der Waals surface area contributed by atoms with E-state index in [9.17, 15) is 14.4 Å². The Balaban J connectivity index is 2.21. The van der Waals surface area contributed by atoms with Gasteiger partial charge in [0, 0.05) is 13.1 Å². The van der Waals surface area contributed by atoms with Gasteiger partial charge >= 0.3 is 6.03 Å². The van der Waals surface area contributed by atoms with Gasteiger partial charge in [-0.15, -0.1) is 13.2 Å². The predicted octanol–water partition coefficient (Wildman–Crippen LogP) is 2.78. The second-order valence-corrected chi connectivity index (χ2v) is 7.10. The first-order valence-electron chi connectivity index (χ1n) is 8.98. The number of rotatable bonds is 8. The van der Waals surface area contributed by atoms with E-state index in [-0.39, 0.29) is 12.5 Å². The van der Waals surface area contributed by atoms with Crippen LogP contribution in [0.1, 0.15) is 37.8 Å². The molecule has 0 unspecified atom stereocenters. The Morgan fingerprint density at radius 3 is 2.22 bits per heavy atom. The first-order valence-corrected chi connectivity index (χ1v) is 8.98. The topological polar surface area (TPSA) is 69.7 Å². The fourth-order valence-electron chi connectivity index (χ4n) is 3.06. The van der Waals surface area contributed by atoms with Crippen molar-refractivity contribution < 1.29 is 14.4 Å². The number of hydrogen-bond donors (Lipinski definition) is 1. The van der Waals surface area contributed by atoms with Crippen molar-refractivity contribution in [3.8, 4) is 0 Å². The molecule has 1 atom stereocenters. The molecule has 0 spiro atoms. The van der Waals surface area contributed by atoms with Crippen molar-refractivity contribution in [2.75, 3.05) is 19.6 Å². The van der Waals surface area contributed by atoms with Gasteiger partial charge in [-0.3, -0.25) is 14.5 Å². The predicted molar refractivity (Wildman–Crippen MR) is 105 cm³/mol. The standard InChI is InChI=1S/C21H27N3O3/c1-6-12-23(13-7-2)18(25)14-24-19(26)21(5,22-20(24)27)17-10-8-16(9-11-17)15(3)4/h6-11,15H,1-2,12-14H2,3-5H3,(H,22,27)/t21-/m0/s1. The first-order chi connectivity index (χ1) is 12.7. The zero-order valence-corrected chi connectivity index (χ0v) is 16.2. The van der Waals surface area contributed by atoms with E-state index in [4.69, 9.17) is 0 Å². The van der Waals surface area contributed by atoms with E-state index in [1.807, 2.05) is 24.3 Å². The Bertz CT molecular complexity index is 744. The summed E-state index contributed by atoms with van der Waals surface area (Å²) in [7, 11) is 0. The van der Waals surface area contributed by atoms with Gasteiger partial charge in [-0.05, 0) is 24.0 Å². The summed E-state index contributed by atoms with van der Waals surface area (Å²) in [4.78, 5) is 40.3. The molecule has 1 aromatic carbocycles. The van der Waals surface area contributed by atoms with Crippen LogP contribution in [-0.4, -0.2) is 47.3 Å². The molecule has 1 aromatic rings. The number of nitrogens with one attached hydrogen (secondary N) is 1. The Labute approximate surface area is 160 Å². The maximum atomic E-state index is 13.0. The Kier molecular flexibility index (Phi) is 6.20. The highest BCUT2D eigenvalue weighted by Gasteiger charge is 2.49. The van der Waals surface area contributed by atoms with Crippen molar-refractivity contribution in [2.45, 2.75) is 32.2 Å². The smallest absolute Gasteiger partial charge is 0.325 e. The van der Waals surface area contributed by atoms with E-state index in [0.717, 1.165) is 10.5 Å². The zero-order chi connectivity index (χ0) is 20.2. The number of carbonyl (C=O) groups is 3. The van der Waals surface area contributed by atoms with E-state index < -0.39 is 17.5 Å². The van der Waals surface area contributed by atoms with Crippen LogP contribution in [0, 0.1) is 0 Å². The molecule has 1 N–H and O–H groups in total. The van der Waals surface area contributed by atoms with Crippen LogP contribution in [0.4, 0.5) is 4.79 Å². The molecule has 0 bridgehead atoms. The van der Waals surface area contributed by atoms with Gasteiger partial charge in [0.1, 0.15) is 12.1 Å². The molecule has 6 nitrogen and oxygen atoms in total. The van der Waals surface area contributed by atoms with Crippen LogP contribution in [0.2, 0.25) is 0 Å². The average Bonchev–Trinajstić information content (AvgIpc) is 2.85. The largest absolute Gasteiger partial charge is 0.334 e. The van der Waals surface area contributed by atoms with Crippen LogP contribution < -0.4 is 5.32 Å². The van der Waals surface area contributed by atoms with E-state index in [0.29, 0.717) is 24.6 Å². The number of nitrogens with zero attached hydrogens (tertiary/aromatic N) is 2. The van der Waals surface area contributed by atoms with Crippen LogP contribution >= 0.6 is 0 Å². The number of amides is 4. The van der Waals surface area contributed by atoms with Gasteiger partial charge in [-0.2, -0.15) is 0 Å². The zero-order valence-electron chi connectivity index (χ0n) is 16.2. The lowest BCUT2D eigenvalue weighted by Gasteiger charge is -2.24. The molecule has 4 amide bonds.